The number of thioether (sulfide) groups is 1. The van der Waals surface area contributed by atoms with Gasteiger partial charge in [-0.3, -0.25) is 4.79 Å². The molecule has 6 heteroatoms. The molecule has 1 saturated heterocycles. The number of carbonyl (C=O) groups excluding carboxylic acids is 1. The molecule has 4 nitrogen and oxygen atoms in total. The highest BCUT2D eigenvalue weighted by molar-refractivity contribution is 7.99. The number of fused-ring (bicyclic) bond motifs is 1. The largest absolute Gasteiger partial charge is 0.497 e. The highest BCUT2D eigenvalue weighted by Crippen LogP contribution is 2.37. The Hall–Kier alpha value is -1.40. The molecular formula is C15H18N2O2S2. The van der Waals surface area contributed by atoms with Gasteiger partial charge in [0.15, 0.2) is 0 Å². The summed E-state index contributed by atoms with van der Waals surface area (Å²) in [5.74, 6) is 2.82. The number of thiophene rings is 1. The summed E-state index contributed by atoms with van der Waals surface area (Å²) in [5, 5.41) is 0.934. The second kappa shape index (κ2) is 5.77. The Labute approximate surface area is 132 Å². The topological polar surface area (TPSA) is 55.6 Å². The molecule has 0 aliphatic carbocycles. The fourth-order valence-electron chi connectivity index (χ4n) is 2.54. The predicted molar refractivity (Wildman–Crippen MR) is 90.6 cm³/mol. The molecule has 0 saturated carbocycles. The number of benzene rings is 1. The molecule has 1 aliphatic heterocycles. The van der Waals surface area contributed by atoms with Gasteiger partial charge in [-0.2, -0.15) is 11.8 Å². The minimum atomic E-state index is 0.0560. The number of amides is 1. The lowest BCUT2D eigenvalue weighted by Gasteiger charge is -2.32. The summed E-state index contributed by atoms with van der Waals surface area (Å²) >= 11 is 3.35. The van der Waals surface area contributed by atoms with Crippen molar-refractivity contribution in [1.29, 1.82) is 0 Å². The number of methoxy groups -OCH3 is 1. The van der Waals surface area contributed by atoms with Crippen molar-refractivity contribution in [3.8, 4) is 5.75 Å². The lowest BCUT2D eigenvalue weighted by Crippen LogP contribution is -2.44. The van der Waals surface area contributed by atoms with E-state index in [9.17, 15) is 4.79 Å². The number of hydrogen-bond donors (Lipinski definition) is 1. The SMILES string of the molecule is COc1ccc2c(N)c(C(=O)N3CCSCC3C)sc2c1. The van der Waals surface area contributed by atoms with Crippen molar-refractivity contribution in [2.75, 3.05) is 30.9 Å². The van der Waals surface area contributed by atoms with Crippen LogP contribution in [0.15, 0.2) is 18.2 Å². The molecule has 1 unspecified atom stereocenters. The zero-order valence-electron chi connectivity index (χ0n) is 12.1. The molecule has 1 atom stereocenters. The number of ether oxygens (including phenoxy) is 1. The van der Waals surface area contributed by atoms with Crippen LogP contribution in [0.2, 0.25) is 0 Å². The molecule has 2 heterocycles. The number of nitrogens with zero attached hydrogens (tertiary/aromatic N) is 1. The maximum Gasteiger partial charge on any atom is 0.266 e. The Kier molecular flexibility index (Phi) is 3.99. The first-order valence-corrected chi connectivity index (χ1v) is 8.83. The summed E-state index contributed by atoms with van der Waals surface area (Å²) in [4.78, 5) is 15.4. The second-order valence-electron chi connectivity index (χ2n) is 5.13. The van der Waals surface area contributed by atoms with E-state index >= 15 is 0 Å². The van der Waals surface area contributed by atoms with Crippen LogP contribution in [-0.4, -0.2) is 42.0 Å². The standard InChI is InChI=1S/C15H18N2O2S2/c1-9-8-20-6-5-17(9)15(18)14-13(16)11-4-3-10(19-2)7-12(11)21-14/h3-4,7,9H,5-6,8,16H2,1-2H3. The van der Waals surface area contributed by atoms with Crippen LogP contribution in [0, 0.1) is 0 Å². The zero-order chi connectivity index (χ0) is 15.0. The minimum absolute atomic E-state index is 0.0560. The minimum Gasteiger partial charge on any atom is -0.497 e. The van der Waals surface area contributed by atoms with E-state index in [1.165, 1.54) is 11.3 Å². The normalized spacial score (nSPS) is 19.0. The zero-order valence-corrected chi connectivity index (χ0v) is 13.7. The van der Waals surface area contributed by atoms with E-state index in [0.29, 0.717) is 10.6 Å². The smallest absolute Gasteiger partial charge is 0.266 e. The van der Waals surface area contributed by atoms with Gasteiger partial charge in [-0.05, 0) is 25.1 Å². The molecule has 0 radical (unpaired) electrons. The third kappa shape index (κ3) is 2.58. The van der Waals surface area contributed by atoms with Crippen LogP contribution in [0.3, 0.4) is 0 Å². The van der Waals surface area contributed by atoms with Crippen molar-refractivity contribution >= 4 is 44.8 Å². The average Bonchev–Trinajstić information content (AvgIpc) is 2.83. The molecule has 1 fully saturated rings. The quantitative estimate of drug-likeness (QED) is 0.923. The summed E-state index contributed by atoms with van der Waals surface area (Å²) in [6.45, 7) is 2.89. The molecule has 1 aromatic heterocycles. The summed E-state index contributed by atoms with van der Waals surface area (Å²) in [6.07, 6.45) is 0. The molecule has 2 aromatic rings. The fourth-order valence-corrected chi connectivity index (χ4v) is 4.66. The van der Waals surface area contributed by atoms with Crippen LogP contribution in [0.25, 0.3) is 10.1 Å². The number of rotatable bonds is 2. The van der Waals surface area contributed by atoms with E-state index in [-0.39, 0.29) is 11.9 Å². The Bertz CT molecular complexity index is 684. The van der Waals surface area contributed by atoms with Crippen LogP contribution < -0.4 is 10.5 Å². The van der Waals surface area contributed by atoms with E-state index in [2.05, 4.69) is 6.92 Å². The number of nitrogen functional groups attached to an aromatic ring is 1. The molecule has 1 amide bonds. The number of hydrogen-bond acceptors (Lipinski definition) is 5. The van der Waals surface area contributed by atoms with E-state index in [1.807, 2.05) is 34.9 Å². The molecule has 1 aromatic carbocycles. The monoisotopic (exact) mass is 322 g/mol. The first kappa shape index (κ1) is 14.5. The van der Waals surface area contributed by atoms with Gasteiger partial charge in [0.25, 0.3) is 5.91 Å². The molecule has 0 spiro atoms. The summed E-state index contributed by atoms with van der Waals surface area (Å²) in [7, 11) is 1.64. The van der Waals surface area contributed by atoms with Gasteiger partial charge in [-0.1, -0.05) is 0 Å². The average molecular weight is 322 g/mol. The third-order valence-corrected chi connectivity index (χ3v) is 6.10. The first-order valence-electron chi connectivity index (χ1n) is 6.86. The Morgan fingerprint density at radius 3 is 3.00 bits per heavy atom. The lowest BCUT2D eigenvalue weighted by molar-refractivity contribution is 0.0722. The van der Waals surface area contributed by atoms with Gasteiger partial charge < -0.3 is 15.4 Å². The van der Waals surface area contributed by atoms with Gasteiger partial charge in [0, 0.05) is 34.2 Å². The first-order chi connectivity index (χ1) is 10.1. The summed E-state index contributed by atoms with van der Waals surface area (Å²) in [6, 6.07) is 5.99. The van der Waals surface area contributed by atoms with E-state index in [4.69, 9.17) is 10.5 Å². The Balaban J connectivity index is 1.99. The van der Waals surface area contributed by atoms with Crippen LogP contribution in [0.5, 0.6) is 5.75 Å². The molecule has 112 valence electrons. The van der Waals surface area contributed by atoms with Gasteiger partial charge >= 0.3 is 0 Å². The van der Waals surface area contributed by atoms with Crippen molar-refractivity contribution in [3.05, 3.63) is 23.1 Å². The van der Waals surface area contributed by atoms with Crippen molar-refractivity contribution in [2.45, 2.75) is 13.0 Å². The van der Waals surface area contributed by atoms with Crippen LogP contribution in [0.4, 0.5) is 5.69 Å². The van der Waals surface area contributed by atoms with Crippen molar-refractivity contribution in [3.63, 3.8) is 0 Å². The molecular weight excluding hydrogens is 304 g/mol. The maximum atomic E-state index is 12.8. The summed E-state index contributed by atoms with van der Waals surface area (Å²) in [5.41, 5.74) is 6.79. The molecule has 0 bridgehead atoms. The molecule has 2 N–H and O–H groups in total. The Morgan fingerprint density at radius 1 is 1.48 bits per heavy atom. The van der Waals surface area contributed by atoms with E-state index in [1.54, 1.807) is 7.11 Å². The van der Waals surface area contributed by atoms with Crippen LogP contribution in [-0.2, 0) is 0 Å². The molecule has 21 heavy (non-hydrogen) atoms. The van der Waals surface area contributed by atoms with E-state index in [0.717, 1.165) is 33.9 Å². The summed E-state index contributed by atoms with van der Waals surface area (Å²) < 4.78 is 6.23. The van der Waals surface area contributed by atoms with Gasteiger partial charge in [-0.25, -0.2) is 0 Å². The molecule has 1 aliphatic rings. The van der Waals surface area contributed by atoms with Crippen LogP contribution >= 0.6 is 23.1 Å². The van der Waals surface area contributed by atoms with Gasteiger partial charge in [0.05, 0.1) is 12.8 Å². The number of anilines is 1. The van der Waals surface area contributed by atoms with Crippen LogP contribution in [0.1, 0.15) is 16.6 Å². The highest BCUT2D eigenvalue weighted by atomic mass is 32.2. The number of nitrogens with two attached hydrogens (primary N) is 1. The highest BCUT2D eigenvalue weighted by Gasteiger charge is 2.27. The Morgan fingerprint density at radius 2 is 2.29 bits per heavy atom. The van der Waals surface area contributed by atoms with Gasteiger partial charge in [0.1, 0.15) is 10.6 Å². The van der Waals surface area contributed by atoms with Crippen molar-refractivity contribution in [1.82, 2.24) is 4.90 Å². The van der Waals surface area contributed by atoms with Crippen molar-refractivity contribution < 1.29 is 9.53 Å². The maximum absolute atomic E-state index is 12.8. The molecule has 3 rings (SSSR count). The van der Waals surface area contributed by atoms with E-state index < -0.39 is 0 Å². The van der Waals surface area contributed by atoms with Gasteiger partial charge in [0.2, 0.25) is 0 Å². The predicted octanol–water partition coefficient (Wildman–Crippen LogP) is 3.07. The van der Waals surface area contributed by atoms with Crippen molar-refractivity contribution in [2.24, 2.45) is 0 Å². The second-order valence-corrected chi connectivity index (χ2v) is 7.33. The number of carbonyl (C=O) groups is 1. The van der Waals surface area contributed by atoms with Gasteiger partial charge in [-0.15, -0.1) is 11.3 Å². The lowest BCUT2D eigenvalue weighted by atomic mass is 10.2. The fraction of sp³-hybridized carbons (Fsp3) is 0.400. The third-order valence-electron chi connectivity index (χ3n) is 3.76.